The maximum Gasteiger partial charge on any atom is 0.347 e. The van der Waals surface area contributed by atoms with Crippen molar-refractivity contribution in [1.82, 2.24) is 0 Å². The van der Waals surface area contributed by atoms with Crippen LogP contribution in [0, 0.1) is 17.8 Å². The molecule has 1 atom stereocenters. The molecule has 1 unspecified atom stereocenters. The van der Waals surface area contributed by atoms with Gasteiger partial charge in [-0.15, -0.1) is 0 Å². The van der Waals surface area contributed by atoms with Gasteiger partial charge in [-0.3, -0.25) is 0 Å². The van der Waals surface area contributed by atoms with E-state index in [1.165, 1.54) is 49.5 Å². The number of hydrogen-bond donors (Lipinski definition) is 0. The maximum atomic E-state index is 12.9. The maximum absolute atomic E-state index is 12.9. The van der Waals surface area contributed by atoms with Gasteiger partial charge in [0.15, 0.2) is 6.10 Å². The van der Waals surface area contributed by atoms with Crippen molar-refractivity contribution in [1.29, 1.82) is 0 Å². The summed E-state index contributed by atoms with van der Waals surface area (Å²) < 4.78 is 17.2. The summed E-state index contributed by atoms with van der Waals surface area (Å²) in [6, 6.07) is 18.6. The van der Waals surface area contributed by atoms with Gasteiger partial charge in [-0.2, -0.15) is 0 Å². The van der Waals surface area contributed by atoms with Gasteiger partial charge in [-0.1, -0.05) is 50.3 Å². The standard InChI is InChI=1S/C37H42O5/c1-4-7-33(36(39)40-6-3)42-34-20-30-13-12-29(27-8-10-28(11-9-27)35(38)41-14-5-2)18-31(30)19-32(34)37-21-24-15-25(22-37)17-26(16-24)23-37/h5,8-13,18-20,24-26,33H,2,4,6-7,14-17,21-23H2,1,3H3. The van der Waals surface area contributed by atoms with Gasteiger partial charge < -0.3 is 14.2 Å². The number of fused-ring (bicyclic) bond motifs is 1. The van der Waals surface area contributed by atoms with E-state index in [0.29, 0.717) is 18.6 Å². The van der Waals surface area contributed by atoms with Crippen LogP contribution < -0.4 is 4.74 Å². The van der Waals surface area contributed by atoms with Crippen LogP contribution in [0.5, 0.6) is 5.75 Å². The second kappa shape index (κ2) is 11.9. The summed E-state index contributed by atoms with van der Waals surface area (Å²) in [6.07, 6.45) is 10.2. The van der Waals surface area contributed by atoms with E-state index in [9.17, 15) is 9.59 Å². The Labute approximate surface area is 249 Å². The van der Waals surface area contributed by atoms with Gasteiger partial charge in [0.2, 0.25) is 0 Å². The van der Waals surface area contributed by atoms with Crippen molar-refractivity contribution < 1.29 is 23.8 Å². The van der Waals surface area contributed by atoms with Crippen LogP contribution in [-0.4, -0.2) is 31.3 Å². The first-order chi connectivity index (χ1) is 20.4. The zero-order valence-electron chi connectivity index (χ0n) is 24.9. The highest BCUT2D eigenvalue weighted by molar-refractivity contribution is 5.92. The van der Waals surface area contributed by atoms with Gasteiger partial charge >= 0.3 is 11.9 Å². The zero-order valence-corrected chi connectivity index (χ0v) is 24.9. The van der Waals surface area contributed by atoms with Gasteiger partial charge in [-0.05, 0) is 127 Å². The molecule has 5 heteroatoms. The summed E-state index contributed by atoms with van der Waals surface area (Å²) in [5.74, 6) is 2.60. The number of rotatable bonds is 11. The Bertz CT molecular complexity index is 1430. The molecule has 42 heavy (non-hydrogen) atoms. The van der Waals surface area contributed by atoms with Crippen LogP contribution in [-0.2, 0) is 19.7 Å². The smallest absolute Gasteiger partial charge is 0.347 e. The minimum absolute atomic E-state index is 0.104. The Morgan fingerprint density at radius 1 is 0.881 bits per heavy atom. The van der Waals surface area contributed by atoms with E-state index in [-0.39, 0.29) is 24.0 Å². The minimum atomic E-state index is -0.601. The van der Waals surface area contributed by atoms with Gasteiger partial charge in [0, 0.05) is 5.56 Å². The van der Waals surface area contributed by atoms with Gasteiger partial charge in [-0.25, -0.2) is 9.59 Å². The quantitative estimate of drug-likeness (QED) is 0.172. The second-order valence-electron chi connectivity index (χ2n) is 12.7. The van der Waals surface area contributed by atoms with E-state index in [2.05, 4.69) is 43.8 Å². The molecule has 4 aliphatic carbocycles. The molecule has 0 aliphatic heterocycles. The number of carbonyl (C=O) groups is 2. The van der Waals surface area contributed by atoms with Crippen molar-refractivity contribution in [3.8, 4) is 16.9 Å². The molecule has 4 fully saturated rings. The van der Waals surface area contributed by atoms with Crippen LogP contribution in [0.25, 0.3) is 21.9 Å². The molecular formula is C37H42O5. The Hall–Kier alpha value is -3.60. The molecule has 4 saturated carbocycles. The van der Waals surface area contributed by atoms with Gasteiger partial charge in [0.05, 0.1) is 12.2 Å². The normalized spacial score (nSPS) is 24.8. The van der Waals surface area contributed by atoms with Crippen molar-refractivity contribution in [3.05, 3.63) is 78.4 Å². The molecule has 4 bridgehead atoms. The molecule has 3 aromatic rings. The van der Waals surface area contributed by atoms with E-state index in [4.69, 9.17) is 14.2 Å². The number of carbonyl (C=O) groups excluding carboxylic acids is 2. The monoisotopic (exact) mass is 566 g/mol. The van der Waals surface area contributed by atoms with Crippen molar-refractivity contribution in [3.63, 3.8) is 0 Å². The predicted octanol–water partition coefficient (Wildman–Crippen LogP) is 8.43. The fourth-order valence-electron chi connectivity index (χ4n) is 8.30. The Kier molecular flexibility index (Phi) is 8.11. The molecule has 0 aromatic heterocycles. The molecule has 0 saturated heterocycles. The predicted molar refractivity (Wildman–Crippen MR) is 166 cm³/mol. The topological polar surface area (TPSA) is 61.8 Å². The molecule has 0 spiro atoms. The van der Waals surface area contributed by atoms with Crippen LogP contribution >= 0.6 is 0 Å². The van der Waals surface area contributed by atoms with E-state index in [0.717, 1.165) is 46.4 Å². The number of benzene rings is 3. The van der Waals surface area contributed by atoms with E-state index in [1.54, 1.807) is 6.08 Å². The molecule has 5 nitrogen and oxygen atoms in total. The fraction of sp³-hybridized carbons (Fsp3) is 0.459. The summed E-state index contributed by atoms with van der Waals surface area (Å²) in [7, 11) is 0. The SMILES string of the molecule is C=CCOC(=O)c1ccc(-c2ccc3cc(OC(CCC)C(=O)OCC)c(C45CC6CC(CC(C6)C4)C5)cc3c2)cc1. The average molecular weight is 567 g/mol. The Morgan fingerprint density at radius 2 is 1.55 bits per heavy atom. The number of ether oxygens (including phenoxy) is 3. The summed E-state index contributed by atoms with van der Waals surface area (Å²) >= 11 is 0. The molecule has 0 amide bonds. The zero-order chi connectivity index (χ0) is 29.3. The molecule has 220 valence electrons. The van der Waals surface area contributed by atoms with E-state index in [1.807, 2.05) is 31.2 Å². The Morgan fingerprint density at radius 3 is 2.17 bits per heavy atom. The highest BCUT2D eigenvalue weighted by Crippen LogP contribution is 2.62. The van der Waals surface area contributed by atoms with Crippen LogP contribution in [0.15, 0.2) is 67.3 Å². The first kappa shape index (κ1) is 28.5. The lowest BCUT2D eigenvalue weighted by Crippen LogP contribution is -2.48. The van der Waals surface area contributed by atoms with Gasteiger partial charge in [0.25, 0.3) is 0 Å². The third-order valence-electron chi connectivity index (χ3n) is 9.70. The number of esters is 2. The van der Waals surface area contributed by atoms with Crippen LogP contribution in [0.2, 0.25) is 0 Å². The van der Waals surface area contributed by atoms with Crippen molar-refractivity contribution >= 4 is 22.7 Å². The van der Waals surface area contributed by atoms with E-state index < -0.39 is 6.10 Å². The second-order valence-corrected chi connectivity index (χ2v) is 12.7. The molecule has 0 radical (unpaired) electrons. The molecule has 3 aromatic carbocycles. The fourth-order valence-corrected chi connectivity index (χ4v) is 8.30. The summed E-state index contributed by atoms with van der Waals surface area (Å²) in [4.78, 5) is 25.1. The summed E-state index contributed by atoms with van der Waals surface area (Å²) in [5.41, 5.74) is 4.04. The lowest BCUT2D eigenvalue weighted by molar-refractivity contribution is -0.151. The molecule has 0 N–H and O–H groups in total. The van der Waals surface area contributed by atoms with Crippen LogP contribution in [0.1, 0.15) is 81.1 Å². The van der Waals surface area contributed by atoms with Crippen molar-refractivity contribution in [2.75, 3.05) is 13.2 Å². The molecule has 7 rings (SSSR count). The summed E-state index contributed by atoms with van der Waals surface area (Å²) in [5, 5.41) is 2.26. The summed E-state index contributed by atoms with van der Waals surface area (Å²) in [6.45, 7) is 8.07. The first-order valence-electron chi connectivity index (χ1n) is 15.7. The number of hydrogen-bond acceptors (Lipinski definition) is 5. The third-order valence-corrected chi connectivity index (χ3v) is 9.70. The van der Waals surface area contributed by atoms with Crippen LogP contribution in [0.3, 0.4) is 0 Å². The lowest BCUT2D eigenvalue weighted by Gasteiger charge is -2.57. The third kappa shape index (κ3) is 5.58. The highest BCUT2D eigenvalue weighted by atomic mass is 16.6. The first-order valence-corrected chi connectivity index (χ1v) is 15.7. The minimum Gasteiger partial charge on any atom is -0.478 e. The molecular weight excluding hydrogens is 524 g/mol. The Balaban J connectivity index is 1.39. The largest absolute Gasteiger partial charge is 0.478 e. The van der Waals surface area contributed by atoms with Crippen LogP contribution in [0.4, 0.5) is 0 Å². The molecule has 0 heterocycles. The highest BCUT2D eigenvalue weighted by Gasteiger charge is 2.52. The van der Waals surface area contributed by atoms with Gasteiger partial charge in [0.1, 0.15) is 12.4 Å². The average Bonchev–Trinajstić information content (AvgIpc) is 2.98. The van der Waals surface area contributed by atoms with Crippen molar-refractivity contribution in [2.45, 2.75) is 76.7 Å². The lowest BCUT2D eigenvalue weighted by atomic mass is 9.48. The molecule has 4 aliphatic rings. The van der Waals surface area contributed by atoms with Crippen molar-refractivity contribution in [2.24, 2.45) is 17.8 Å². The van der Waals surface area contributed by atoms with E-state index >= 15 is 0 Å².